The molecular formula is C12H8F2O2S. The van der Waals surface area contributed by atoms with E-state index in [-0.39, 0.29) is 0 Å². The molecule has 0 saturated heterocycles. The van der Waals surface area contributed by atoms with Gasteiger partial charge in [0, 0.05) is 0 Å². The second-order valence-corrected chi connectivity index (χ2v) is 4.76. The summed E-state index contributed by atoms with van der Waals surface area (Å²) in [6.07, 6.45) is 0. The second-order valence-electron chi connectivity index (χ2n) is 3.45. The van der Waals surface area contributed by atoms with Crippen molar-refractivity contribution in [2.24, 2.45) is 0 Å². The molecule has 0 amide bonds. The average molecular weight is 254 g/mol. The number of halogens is 2. The van der Waals surface area contributed by atoms with Gasteiger partial charge in [0.25, 0.3) is 0 Å². The van der Waals surface area contributed by atoms with Crippen LogP contribution in [0.25, 0.3) is 11.1 Å². The Morgan fingerprint density at radius 3 is 2.06 bits per heavy atom. The molecule has 0 bridgehead atoms. The van der Waals surface area contributed by atoms with Crippen molar-refractivity contribution in [2.75, 3.05) is 0 Å². The van der Waals surface area contributed by atoms with E-state index in [9.17, 15) is 16.7 Å². The zero-order chi connectivity index (χ0) is 12.5. The SMILES string of the molecule is O=S(=O)(F)c1ccc(-c2ccccc2)cc1F. The van der Waals surface area contributed by atoms with Gasteiger partial charge in [0.05, 0.1) is 0 Å². The van der Waals surface area contributed by atoms with Gasteiger partial charge in [-0.05, 0) is 23.3 Å². The first-order valence-electron chi connectivity index (χ1n) is 4.78. The summed E-state index contributed by atoms with van der Waals surface area (Å²) >= 11 is 0. The highest BCUT2D eigenvalue weighted by atomic mass is 32.3. The maximum Gasteiger partial charge on any atom is 0.335 e. The van der Waals surface area contributed by atoms with Crippen molar-refractivity contribution in [1.82, 2.24) is 0 Å². The van der Waals surface area contributed by atoms with Crippen LogP contribution in [-0.4, -0.2) is 8.42 Å². The van der Waals surface area contributed by atoms with Crippen LogP contribution in [0, 0.1) is 5.82 Å². The van der Waals surface area contributed by atoms with Crippen LogP contribution in [0.15, 0.2) is 53.4 Å². The summed E-state index contributed by atoms with van der Waals surface area (Å²) in [7, 11) is -5.01. The highest BCUT2D eigenvalue weighted by Crippen LogP contribution is 2.24. The van der Waals surface area contributed by atoms with Crippen LogP contribution in [-0.2, 0) is 10.2 Å². The van der Waals surface area contributed by atoms with Gasteiger partial charge in [-0.15, -0.1) is 3.89 Å². The van der Waals surface area contributed by atoms with Crippen LogP contribution in [0.3, 0.4) is 0 Å². The second kappa shape index (κ2) is 4.25. The predicted octanol–water partition coefficient (Wildman–Crippen LogP) is 3.15. The molecule has 17 heavy (non-hydrogen) atoms. The zero-order valence-electron chi connectivity index (χ0n) is 8.60. The van der Waals surface area contributed by atoms with Crippen molar-refractivity contribution in [1.29, 1.82) is 0 Å². The summed E-state index contributed by atoms with van der Waals surface area (Å²) in [4.78, 5) is -0.933. The van der Waals surface area contributed by atoms with Crippen molar-refractivity contribution in [3.8, 4) is 11.1 Å². The molecule has 0 atom stereocenters. The third-order valence-corrected chi connectivity index (χ3v) is 3.16. The van der Waals surface area contributed by atoms with Crippen LogP contribution >= 0.6 is 0 Å². The number of rotatable bonds is 2. The lowest BCUT2D eigenvalue weighted by atomic mass is 10.1. The molecule has 0 unspecified atom stereocenters. The fourth-order valence-corrected chi connectivity index (χ4v) is 2.03. The molecule has 0 aromatic heterocycles. The maximum atomic E-state index is 13.4. The fourth-order valence-electron chi connectivity index (χ4n) is 1.51. The molecule has 0 heterocycles. The van der Waals surface area contributed by atoms with Crippen LogP contribution in [0.1, 0.15) is 0 Å². The van der Waals surface area contributed by atoms with Crippen molar-refractivity contribution in [3.05, 3.63) is 54.3 Å². The van der Waals surface area contributed by atoms with E-state index in [1.54, 1.807) is 30.3 Å². The van der Waals surface area contributed by atoms with Gasteiger partial charge in [-0.3, -0.25) is 0 Å². The van der Waals surface area contributed by atoms with Crippen molar-refractivity contribution < 1.29 is 16.7 Å². The van der Waals surface area contributed by atoms with Gasteiger partial charge in [-0.1, -0.05) is 36.4 Å². The zero-order valence-corrected chi connectivity index (χ0v) is 9.42. The Labute approximate surface area is 97.7 Å². The average Bonchev–Trinajstić information content (AvgIpc) is 2.28. The van der Waals surface area contributed by atoms with E-state index in [0.717, 1.165) is 17.7 Å². The highest BCUT2D eigenvalue weighted by molar-refractivity contribution is 7.86. The molecule has 0 aliphatic heterocycles. The monoisotopic (exact) mass is 254 g/mol. The lowest BCUT2D eigenvalue weighted by Crippen LogP contribution is -1.96. The Balaban J connectivity index is 2.53. The van der Waals surface area contributed by atoms with Gasteiger partial charge in [-0.2, -0.15) is 8.42 Å². The Morgan fingerprint density at radius 2 is 1.53 bits per heavy atom. The summed E-state index contributed by atoms with van der Waals surface area (Å²) in [5.41, 5.74) is 1.23. The molecule has 0 saturated carbocycles. The van der Waals surface area contributed by atoms with E-state index in [4.69, 9.17) is 0 Å². The summed E-state index contributed by atoms with van der Waals surface area (Å²) in [5, 5.41) is 0. The summed E-state index contributed by atoms with van der Waals surface area (Å²) in [5.74, 6) is -1.09. The molecule has 2 aromatic rings. The molecule has 0 aliphatic carbocycles. The van der Waals surface area contributed by atoms with Crippen molar-refractivity contribution in [3.63, 3.8) is 0 Å². The third kappa shape index (κ3) is 2.50. The summed E-state index contributed by atoms with van der Waals surface area (Å²) in [6, 6.07) is 12.1. The molecule has 0 N–H and O–H groups in total. The minimum atomic E-state index is -5.01. The fraction of sp³-hybridized carbons (Fsp3) is 0. The largest absolute Gasteiger partial charge is 0.335 e. The number of hydrogen-bond donors (Lipinski definition) is 0. The Morgan fingerprint density at radius 1 is 0.882 bits per heavy atom. The molecule has 2 nitrogen and oxygen atoms in total. The smallest absolute Gasteiger partial charge is 0.205 e. The molecule has 0 radical (unpaired) electrons. The number of hydrogen-bond acceptors (Lipinski definition) is 2. The summed E-state index contributed by atoms with van der Waals surface area (Å²) < 4.78 is 47.3. The molecule has 88 valence electrons. The van der Waals surface area contributed by atoms with E-state index in [1.807, 2.05) is 0 Å². The minimum Gasteiger partial charge on any atom is -0.205 e. The molecule has 0 aliphatic rings. The first-order chi connectivity index (χ1) is 7.98. The Kier molecular flexibility index (Phi) is 2.93. The summed E-state index contributed by atoms with van der Waals surface area (Å²) in [6.45, 7) is 0. The van der Waals surface area contributed by atoms with E-state index in [0.29, 0.717) is 5.56 Å². The highest BCUT2D eigenvalue weighted by Gasteiger charge is 2.17. The Bertz CT molecular complexity index is 637. The van der Waals surface area contributed by atoms with Crippen LogP contribution in [0.5, 0.6) is 0 Å². The topological polar surface area (TPSA) is 34.1 Å². The van der Waals surface area contributed by atoms with Crippen molar-refractivity contribution in [2.45, 2.75) is 4.90 Å². The normalized spacial score (nSPS) is 11.4. The van der Waals surface area contributed by atoms with Gasteiger partial charge < -0.3 is 0 Å². The van der Waals surface area contributed by atoms with E-state index in [2.05, 4.69) is 0 Å². The molecule has 2 rings (SSSR count). The van der Waals surface area contributed by atoms with Gasteiger partial charge >= 0.3 is 10.2 Å². The molecule has 5 heteroatoms. The van der Waals surface area contributed by atoms with Crippen molar-refractivity contribution >= 4 is 10.2 Å². The van der Waals surface area contributed by atoms with Gasteiger partial charge in [0.2, 0.25) is 0 Å². The minimum absolute atomic E-state index is 0.496. The van der Waals surface area contributed by atoms with Gasteiger partial charge in [-0.25, -0.2) is 4.39 Å². The third-order valence-electron chi connectivity index (χ3n) is 2.30. The molecule has 0 spiro atoms. The lowest BCUT2D eigenvalue weighted by molar-refractivity contribution is 0.534. The molecule has 2 aromatic carbocycles. The van der Waals surface area contributed by atoms with Gasteiger partial charge in [0.15, 0.2) is 0 Å². The standard InChI is InChI=1S/C12H8F2O2S/c13-11-8-10(9-4-2-1-3-5-9)6-7-12(11)17(14,15)16/h1-8H. The van der Waals surface area contributed by atoms with Gasteiger partial charge in [0.1, 0.15) is 10.7 Å². The van der Waals surface area contributed by atoms with Crippen LogP contribution in [0.2, 0.25) is 0 Å². The first kappa shape index (κ1) is 11.7. The Hall–Kier alpha value is -1.75. The molecule has 0 fully saturated rings. The van der Waals surface area contributed by atoms with E-state index >= 15 is 0 Å². The van der Waals surface area contributed by atoms with E-state index in [1.165, 1.54) is 6.07 Å². The van der Waals surface area contributed by atoms with Crippen LogP contribution in [0.4, 0.5) is 8.28 Å². The predicted molar refractivity (Wildman–Crippen MR) is 60.1 cm³/mol. The number of benzene rings is 2. The first-order valence-corrected chi connectivity index (χ1v) is 6.16. The van der Waals surface area contributed by atoms with Crippen LogP contribution < -0.4 is 0 Å². The quantitative estimate of drug-likeness (QED) is 0.771. The maximum absolute atomic E-state index is 13.4. The lowest BCUT2D eigenvalue weighted by Gasteiger charge is -2.03. The van der Waals surface area contributed by atoms with E-state index < -0.39 is 20.9 Å². The molecular weight excluding hydrogens is 246 g/mol.